The third kappa shape index (κ3) is 4.04. The summed E-state index contributed by atoms with van der Waals surface area (Å²) < 4.78 is 0. The Hall–Kier alpha value is -2.11. The van der Waals surface area contributed by atoms with Crippen LogP contribution in [-0.4, -0.2) is 29.9 Å². The molecule has 1 rings (SSSR count). The third-order valence-electron chi connectivity index (χ3n) is 2.36. The summed E-state index contributed by atoms with van der Waals surface area (Å²) in [7, 11) is 1.74. The number of aryl methyl sites for hydroxylation is 1. The smallest absolute Gasteiger partial charge is 0.251 e. The molecule has 0 aliphatic carbocycles. The fourth-order valence-electron chi connectivity index (χ4n) is 1.59. The normalized spacial score (nSPS) is 11.7. The van der Waals surface area contributed by atoms with Crippen LogP contribution in [0.2, 0.25) is 0 Å². The van der Waals surface area contributed by atoms with Crippen LogP contribution in [0, 0.1) is 6.92 Å². The SMILES string of the molecule is CNc1cc(C(=O)NC(C)CC(N)=O)cc(C)n1. The van der Waals surface area contributed by atoms with Gasteiger partial charge in [-0.25, -0.2) is 4.98 Å². The van der Waals surface area contributed by atoms with E-state index in [1.807, 2.05) is 6.92 Å². The molecule has 2 amide bonds. The second kappa shape index (κ2) is 6.00. The molecule has 4 N–H and O–H groups in total. The molecule has 0 bridgehead atoms. The average Bonchev–Trinajstić information content (AvgIpc) is 2.26. The fraction of sp³-hybridized carbons (Fsp3) is 0.417. The summed E-state index contributed by atoms with van der Waals surface area (Å²) >= 11 is 0. The highest BCUT2D eigenvalue weighted by molar-refractivity contribution is 5.95. The van der Waals surface area contributed by atoms with Gasteiger partial charge in [-0.15, -0.1) is 0 Å². The Labute approximate surface area is 106 Å². The van der Waals surface area contributed by atoms with Crippen LogP contribution in [0.15, 0.2) is 12.1 Å². The second-order valence-electron chi connectivity index (χ2n) is 4.18. The van der Waals surface area contributed by atoms with Crippen molar-refractivity contribution in [1.29, 1.82) is 0 Å². The van der Waals surface area contributed by atoms with Gasteiger partial charge in [0.25, 0.3) is 5.91 Å². The first-order valence-electron chi connectivity index (χ1n) is 5.68. The van der Waals surface area contributed by atoms with Crippen LogP contribution in [-0.2, 0) is 4.79 Å². The number of amides is 2. The molecule has 0 aromatic carbocycles. The zero-order valence-corrected chi connectivity index (χ0v) is 10.8. The molecule has 0 fully saturated rings. The van der Waals surface area contributed by atoms with Crippen LogP contribution in [0.4, 0.5) is 5.82 Å². The van der Waals surface area contributed by atoms with Gasteiger partial charge < -0.3 is 16.4 Å². The molecule has 0 saturated heterocycles. The van der Waals surface area contributed by atoms with E-state index in [4.69, 9.17) is 5.73 Å². The Morgan fingerprint density at radius 1 is 1.44 bits per heavy atom. The molecule has 1 aromatic rings. The Kier molecular flexibility index (Phi) is 4.65. The standard InChI is InChI=1S/C12H18N4O2/c1-7-4-9(6-11(14-3)15-7)12(18)16-8(2)5-10(13)17/h4,6,8H,5H2,1-3H3,(H2,13,17)(H,14,15)(H,16,18). The van der Waals surface area contributed by atoms with E-state index in [0.29, 0.717) is 11.4 Å². The first kappa shape index (κ1) is 14.0. The predicted molar refractivity (Wildman–Crippen MR) is 69.3 cm³/mol. The summed E-state index contributed by atoms with van der Waals surface area (Å²) in [5.74, 6) is -0.0573. The van der Waals surface area contributed by atoms with Crippen LogP contribution in [0.1, 0.15) is 29.4 Å². The van der Waals surface area contributed by atoms with E-state index < -0.39 is 5.91 Å². The van der Waals surface area contributed by atoms with Crippen molar-refractivity contribution >= 4 is 17.6 Å². The Morgan fingerprint density at radius 2 is 2.11 bits per heavy atom. The topological polar surface area (TPSA) is 97.1 Å². The van der Waals surface area contributed by atoms with E-state index in [1.165, 1.54) is 0 Å². The summed E-state index contributed by atoms with van der Waals surface area (Å²) in [5, 5.41) is 5.59. The first-order chi connectivity index (χ1) is 8.42. The van der Waals surface area contributed by atoms with Gasteiger partial charge in [-0.3, -0.25) is 9.59 Å². The Morgan fingerprint density at radius 3 is 2.67 bits per heavy atom. The molecule has 18 heavy (non-hydrogen) atoms. The van der Waals surface area contributed by atoms with Gasteiger partial charge in [0, 0.05) is 30.8 Å². The summed E-state index contributed by atoms with van der Waals surface area (Å²) in [5.41, 5.74) is 6.32. The van der Waals surface area contributed by atoms with Crippen LogP contribution in [0.5, 0.6) is 0 Å². The second-order valence-corrected chi connectivity index (χ2v) is 4.18. The Balaban J connectivity index is 2.77. The number of anilines is 1. The van der Waals surface area contributed by atoms with Crippen molar-refractivity contribution in [2.24, 2.45) is 5.73 Å². The summed E-state index contributed by atoms with van der Waals surface area (Å²) in [6, 6.07) is 3.05. The number of aromatic nitrogens is 1. The number of nitrogens with two attached hydrogens (primary N) is 1. The third-order valence-corrected chi connectivity index (χ3v) is 2.36. The molecule has 6 nitrogen and oxygen atoms in total. The van der Waals surface area contributed by atoms with Crippen molar-refractivity contribution in [2.45, 2.75) is 26.3 Å². The molecule has 6 heteroatoms. The molecule has 0 aliphatic rings. The number of nitrogens with zero attached hydrogens (tertiary/aromatic N) is 1. The van der Waals surface area contributed by atoms with Crippen molar-refractivity contribution in [3.8, 4) is 0 Å². The minimum Gasteiger partial charge on any atom is -0.373 e. The lowest BCUT2D eigenvalue weighted by molar-refractivity contribution is -0.118. The fourth-order valence-corrected chi connectivity index (χ4v) is 1.59. The molecule has 1 aromatic heterocycles. The number of carbonyl (C=O) groups is 2. The molecule has 1 heterocycles. The number of nitrogens with one attached hydrogen (secondary N) is 2. The van der Waals surface area contributed by atoms with E-state index in [9.17, 15) is 9.59 Å². The van der Waals surface area contributed by atoms with Gasteiger partial charge in [0.1, 0.15) is 5.82 Å². The molecular weight excluding hydrogens is 232 g/mol. The van der Waals surface area contributed by atoms with Crippen molar-refractivity contribution in [3.63, 3.8) is 0 Å². The van der Waals surface area contributed by atoms with Crippen LogP contribution in [0.25, 0.3) is 0 Å². The van der Waals surface area contributed by atoms with E-state index in [0.717, 1.165) is 5.69 Å². The number of hydrogen-bond acceptors (Lipinski definition) is 4. The van der Waals surface area contributed by atoms with Crippen molar-refractivity contribution in [1.82, 2.24) is 10.3 Å². The molecular formula is C12H18N4O2. The van der Waals surface area contributed by atoms with Gasteiger partial charge in [0.15, 0.2) is 0 Å². The highest BCUT2D eigenvalue weighted by Crippen LogP contribution is 2.09. The van der Waals surface area contributed by atoms with E-state index in [1.54, 1.807) is 26.1 Å². The van der Waals surface area contributed by atoms with E-state index in [2.05, 4.69) is 15.6 Å². The van der Waals surface area contributed by atoms with Gasteiger partial charge in [0.2, 0.25) is 5.91 Å². The highest BCUT2D eigenvalue weighted by atomic mass is 16.2. The number of primary amides is 1. The lowest BCUT2D eigenvalue weighted by Crippen LogP contribution is -2.35. The lowest BCUT2D eigenvalue weighted by Gasteiger charge is -2.12. The first-order valence-corrected chi connectivity index (χ1v) is 5.68. The van der Waals surface area contributed by atoms with Crippen molar-refractivity contribution in [3.05, 3.63) is 23.4 Å². The zero-order chi connectivity index (χ0) is 13.7. The lowest BCUT2D eigenvalue weighted by atomic mass is 10.1. The number of carbonyl (C=O) groups excluding carboxylic acids is 2. The maximum atomic E-state index is 11.9. The summed E-state index contributed by atoms with van der Waals surface area (Å²) in [4.78, 5) is 26.9. The maximum Gasteiger partial charge on any atom is 0.251 e. The highest BCUT2D eigenvalue weighted by Gasteiger charge is 2.13. The summed E-state index contributed by atoms with van der Waals surface area (Å²) in [6.07, 6.45) is 0.120. The molecule has 0 spiro atoms. The van der Waals surface area contributed by atoms with Gasteiger partial charge in [-0.05, 0) is 26.0 Å². The van der Waals surface area contributed by atoms with Crippen LogP contribution < -0.4 is 16.4 Å². The molecule has 0 radical (unpaired) electrons. The number of rotatable bonds is 5. The average molecular weight is 250 g/mol. The quantitative estimate of drug-likeness (QED) is 0.705. The van der Waals surface area contributed by atoms with Crippen LogP contribution >= 0.6 is 0 Å². The minimum atomic E-state index is -0.440. The molecule has 0 aliphatic heterocycles. The summed E-state index contributed by atoms with van der Waals surface area (Å²) in [6.45, 7) is 3.54. The van der Waals surface area contributed by atoms with Crippen LogP contribution in [0.3, 0.4) is 0 Å². The zero-order valence-electron chi connectivity index (χ0n) is 10.8. The minimum absolute atomic E-state index is 0.120. The maximum absolute atomic E-state index is 11.9. The van der Waals surface area contributed by atoms with E-state index in [-0.39, 0.29) is 18.4 Å². The monoisotopic (exact) mass is 250 g/mol. The molecule has 0 saturated carbocycles. The van der Waals surface area contributed by atoms with Gasteiger partial charge in [-0.1, -0.05) is 0 Å². The van der Waals surface area contributed by atoms with Crippen molar-refractivity contribution < 1.29 is 9.59 Å². The number of hydrogen-bond donors (Lipinski definition) is 3. The largest absolute Gasteiger partial charge is 0.373 e. The van der Waals surface area contributed by atoms with Gasteiger partial charge >= 0.3 is 0 Å². The number of pyridine rings is 1. The van der Waals surface area contributed by atoms with E-state index >= 15 is 0 Å². The Bertz CT molecular complexity index is 459. The predicted octanol–water partition coefficient (Wildman–Crippen LogP) is 0.425. The van der Waals surface area contributed by atoms with Gasteiger partial charge in [0.05, 0.1) is 0 Å². The molecule has 1 unspecified atom stereocenters. The molecule has 1 atom stereocenters. The van der Waals surface area contributed by atoms with Gasteiger partial charge in [-0.2, -0.15) is 0 Å². The molecule has 98 valence electrons. The van der Waals surface area contributed by atoms with Crippen molar-refractivity contribution in [2.75, 3.05) is 12.4 Å².